The molecule has 1 aromatic carbocycles. The average molecular weight is 268 g/mol. The summed E-state index contributed by atoms with van der Waals surface area (Å²) in [4.78, 5) is 14.5. The van der Waals surface area contributed by atoms with Crippen molar-refractivity contribution in [2.24, 2.45) is 7.05 Å². The molecular weight excluding hydrogens is 258 g/mol. The van der Waals surface area contributed by atoms with Crippen molar-refractivity contribution < 1.29 is 14.6 Å². The fraction of sp³-hybridized carbons (Fsp3) is 0.182. The van der Waals surface area contributed by atoms with E-state index >= 15 is 0 Å². The number of carboxylic acid groups (broad SMARTS) is 1. The number of carbonyl (C=O) groups is 1. The lowest BCUT2D eigenvalue weighted by atomic mass is 10.2. The summed E-state index contributed by atoms with van der Waals surface area (Å²) < 4.78 is 6.41. The zero-order valence-corrected chi connectivity index (χ0v) is 10.3. The van der Waals surface area contributed by atoms with Crippen LogP contribution >= 0.6 is 11.6 Å². The standard InChI is InChI=1S/C11H10ClN3O3/c1-15-10(7-3-2-4-8(12)5-7)13-11(14-15)18-6-9(16)17/h2-5H,6H2,1H3,(H,16,17). The minimum Gasteiger partial charge on any atom is -0.479 e. The lowest BCUT2D eigenvalue weighted by Gasteiger charge is -1.99. The number of aryl methyl sites for hydroxylation is 1. The molecule has 0 amide bonds. The Morgan fingerprint density at radius 3 is 3.00 bits per heavy atom. The third-order valence-electron chi connectivity index (χ3n) is 2.15. The smallest absolute Gasteiger partial charge is 0.341 e. The van der Waals surface area contributed by atoms with Crippen LogP contribution in [0.25, 0.3) is 11.4 Å². The summed E-state index contributed by atoms with van der Waals surface area (Å²) in [6.45, 7) is -0.473. The maximum atomic E-state index is 10.4. The maximum Gasteiger partial charge on any atom is 0.341 e. The maximum absolute atomic E-state index is 10.4. The number of nitrogens with zero attached hydrogens (tertiary/aromatic N) is 3. The van der Waals surface area contributed by atoms with Gasteiger partial charge in [-0.25, -0.2) is 9.48 Å². The van der Waals surface area contributed by atoms with Gasteiger partial charge < -0.3 is 9.84 Å². The first-order valence-electron chi connectivity index (χ1n) is 5.08. The van der Waals surface area contributed by atoms with E-state index < -0.39 is 12.6 Å². The molecular formula is C11H10ClN3O3. The SMILES string of the molecule is Cn1nc(OCC(=O)O)nc1-c1cccc(Cl)c1. The Balaban J connectivity index is 2.26. The first-order chi connectivity index (χ1) is 8.56. The molecule has 0 atom stereocenters. The van der Waals surface area contributed by atoms with Crippen LogP contribution in [-0.4, -0.2) is 32.4 Å². The molecule has 0 unspecified atom stereocenters. The molecule has 0 bridgehead atoms. The largest absolute Gasteiger partial charge is 0.479 e. The minimum absolute atomic E-state index is 0.0230. The first-order valence-corrected chi connectivity index (χ1v) is 5.45. The van der Waals surface area contributed by atoms with Gasteiger partial charge in [-0.3, -0.25) is 0 Å². The van der Waals surface area contributed by atoms with Crippen LogP contribution in [0.2, 0.25) is 5.02 Å². The van der Waals surface area contributed by atoms with Crippen molar-refractivity contribution in [3.63, 3.8) is 0 Å². The van der Waals surface area contributed by atoms with E-state index in [1.165, 1.54) is 4.68 Å². The van der Waals surface area contributed by atoms with Crippen LogP contribution < -0.4 is 4.74 Å². The lowest BCUT2D eigenvalue weighted by molar-refractivity contribution is -0.139. The van der Waals surface area contributed by atoms with Gasteiger partial charge in [0.05, 0.1) is 0 Å². The summed E-state index contributed by atoms with van der Waals surface area (Å²) in [7, 11) is 1.69. The fourth-order valence-electron chi connectivity index (χ4n) is 1.43. The summed E-state index contributed by atoms with van der Waals surface area (Å²) in [5, 5.41) is 13.1. The monoisotopic (exact) mass is 267 g/mol. The van der Waals surface area contributed by atoms with Crippen LogP contribution in [0.15, 0.2) is 24.3 Å². The minimum atomic E-state index is -1.08. The number of carboxylic acids is 1. The lowest BCUT2D eigenvalue weighted by Crippen LogP contribution is -2.10. The van der Waals surface area contributed by atoms with Gasteiger partial charge in [-0.15, -0.1) is 5.10 Å². The predicted molar refractivity (Wildman–Crippen MR) is 64.6 cm³/mol. The van der Waals surface area contributed by atoms with Crippen LogP contribution in [0.5, 0.6) is 6.01 Å². The Kier molecular flexibility index (Phi) is 3.47. The molecule has 0 saturated carbocycles. The van der Waals surface area contributed by atoms with Gasteiger partial charge in [-0.2, -0.15) is 4.98 Å². The number of halogens is 1. The Hall–Kier alpha value is -2.08. The molecule has 1 aromatic heterocycles. The van der Waals surface area contributed by atoms with Crippen molar-refractivity contribution in [2.45, 2.75) is 0 Å². The number of aromatic nitrogens is 3. The van der Waals surface area contributed by atoms with Crippen molar-refractivity contribution in [1.29, 1.82) is 0 Å². The first kappa shape index (κ1) is 12.4. The highest BCUT2D eigenvalue weighted by Gasteiger charge is 2.11. The predicted octanol–water partition coefficient (Wildman–Crippen LogP) is 1.60. The Morgan fingerprint density at radius 1 is 1.56 bits per heavy atom. The van der Waals surface area contributed by atoms with E-state index in [9.17, 15) is 4.79 Å². The van der Waals surface area contributed by atoms with Gasteiger partial charge in [0.15, 0.2) is 12.4 Å². The van der Waals surface area contributed by atoms with Crippen molar-refractivity contribution in [3.8, 4) is 17.4 Å². The van der Waals surface area contributed by atoms with Crippen LogP contribution in [-0.2, 0) is 11.8 Å². The van der Waals surface area contributed by atoms with Gasteiger partial charge in [0.1, 0.15) is 0 Å². The van der Waals surface area contributed by atoms with E-state index in [0.29, 0.717) is 10.8 Å². The molecule has 0 saturated heterocycles. The molecule has 0 aliphatic rings. The zero-order valence-electron chi connectivity index (χ0n) is 9.50. The molecule has 6 nitrogen and oxygen atoms in total. The van der Waals surface area contributed by atoms with E-state index in [0.717, 1.165) is 5.56 Å². The molecule has 7 heteroatoms. The fourth-order valence-corrected chi connectivity index (χ4v) is 1.62. The van der Waals surface area contributed by atoms with E-state index in [-0.39, 0.29) is 6.01 Å². The van der Waals surface area contributed by atoms with Crippen LogP contribution in [0.4, 0.5) is 0 Å². The average Bonchev–Trinajstić information content (AvgIpc) is 2.68. The second-order valence-electron chi connectivity index (χ2n) is 3.53. The molecule has 0 aliphatic carbocycles. The van der Waals surface area contributed by atoms with Gasteiger partial charge in [0, 0.05) is 17.6 Å². The third kappa shape index (κ3) is 2.78. The highest BCUT2D eigenvalue weighted by molar-refractivity contribution is 6.30. The molecule has 1 N–H and O–H groups in total. The quantitative estimate of drug-likeness (QED) is 0.910. The molecule has 0 radical (unpaired) electrons. The van der Waals surface area contributed by atoms with Crippen molar-refractivity contribution >= 4 is 17.6 Å². The number of benzene rings is 1. The van der Waals surface area contributed by atoms with E-state index in [4.69, 9.17) is 21.4 Å². The second-order valence-corrected chi connectivity index (χ2v) is 3.97. The molecule has 0 fully saturated rings. The summed E-state index contributed by atoms with van der Waals surface area (Å²) in [6, 6.07) is 7.14. The topological polar surface area (TPSA) is 77.2 Å². The van der Waals surface area contributed by atoms with Gasteiger partial charge >= 0.3 is 12.0 Å². The summed E-state index contributed by atoms with van der Waals surface area (Å²) in [6.07, 6.45) is 0. The van der Waals surface area contributed by atoms with Crippen LogP contribution in [0.1, 0.15) is 0 Å². The number of ether oxygens (including phenoxy) is 1. The molecule has 1 heterocycles. The normalized spacial score (nSPS) is 10.3. The van der Waals surface area contributed by atoms with E-state index in [1.807, 2.05) is 6.07 Å². The molecule has 2 rings (SSSR count). The Labute approximate surface area is 108 Å². The molecule has 2 aromatic rings. The number of hydrogen-bond acceptors (Lipinski definition) is 4. The number of aliphatic carboxylic acids is 1. The highest BCUT2D eigenvalue weighted by atomic mass is 35.5. The highest BCUT2D eigenvalue weighted by Crippen LogP contribution is 2.22. The van der Waals surface area contributed by atoms with Crippen LogP contribution in [0.3, 0.4) is 0 Å². The van der Waals surface area contributed by atoms with E-state index in [2.05, 4.69) is 10.1 Å². The third-order valence-corrected chi connectivity index (χ3v) is 2.39. The molecule has 0 aliphatic heterocycles. The van der Waals surface area contributed by atoms with Crippen LogP contribution in [0, 0.1) is 0 Å². The summed E-state index contributed by atoms with van der Waals surface area (Å²) in [5.74, 6) is -0.523. The van der Waals surface area contributed by atoms with Gasteiger partial charge in [-0.1, -0.05) is 23.7 Å². The second kappa shape index (κ2) is 5.05. The van der Waals surface area contributed by atoms with Gasteiger partial charge in [0.2, 0.25) is 0 Å². The number of rotatable bonds is 4. The van der Waals surface area contributed by atoms with Crippen molar-refractivity contribution in [1.82, 2.24) is 14.8 Å². The van der Waals surface area contributed by atoms with Crippen molar-refractivity contribution in [3.05, 3.63) is 29.3 Å². The summed E-state index contributed by atoms with van der Waals surface area (Å²) >= 11 is 5.89. The van der Waals surface area contributed by atoms with Gasteiger partial charge in [0.25, 0.3) is 0 Å². The molecule has 18 heavy (non-hydrogen) atoms. The van der Waals surface area contributed by atoms with E-state index in [1.54, 1.807) is 25.2 Å². The van der Waals surface area contributed by atoms with Gasteiger partial charge in [-0.05, 0) is 12.1 Å². The number of hydrogen-bond donors (Lipinski definition) is 1. The Bertz CT molecular complexity index is 583. The molecule has 94 valence electrons. The summed E-state index contributed by atoms with van der Waals surface area (Å²) in [5.41, 5.74) is 0.780. The zero-order chi connectivity index (χ0) is 13.1. The molecule has 0 spiro atoms. The van der Waals surface area contributed by atoms with Crippen molar-refractivity contribution in [2.75, 3.05) is 6.61 Å². The Morgan fingerprint density at radius 2 is 2.33 bits per heavy atom.